The fourth-order valence-corrected chi connectivity index (χ4v) is 8.42. The summed E-state index contributed by atoms with van der Waals surface area (Å²) in [4.78, 5) is 12.2. The topological polar surface area (TPSA) is 20.9 Å². The van der Waals surface area contributed by atoms with E-state index in [9.17, 15) is 110 Å². The lowest BCUT2D eigenvalue weighted by atomic mass is 9.12. The van der Waals surface area contributed by atoms with Crippen molar-refractivity contribution in [2.45, 2.75) is 56.0 Å². The molecule has 0 spiro atoms. The molecule has 2 nitrogen and oxygen atoms in total. The maximum Gasteiger partial charge on any atom is 0.416 e. The summed E-state index contributed by atoms with van der Waals surface area (Å²) >= 11 is 0. The molecule has 6 aromatic carbocycles. The minimum atomic E-state index is -6.13. The van der Waals surface area contributed by atoms with Gasteiger partial charge in [-0.2, -0.15) is 127 Å². The van der Waals surface area contributed by atoms with Crippen molar-refractivity contribution in [2.24, 2.45) is 0 Å². The van der Waals surface area contributed by atoms with E-state index in [0.717, 1.165) is 12.1 Å². The number of benzene rings is 6. The van der Waals surface area contributed by atoms with Crippen molar-refractivity contribution in [3.8, 4) is 0 Å². The Kier molecular flexibility index (Phi) is 17.0. The number of aromatic nitrogens is 1. The predicted molar refractivity (Wildman–Crippen MR) is 242 cm³/mol. The number of nitrogens with zero attached hydrogens (tertiary/aromatic N) is 1. The first-order valence-electron chi connectivity index (χ1n) is 22.2. The molecular weight excluding hydrogens is 1130 g/mol. The maximum atomic E-state index is 14.2. The molecule has 80 heavy (non-hydrogen) atoms. The van der Waals surface area contributed by atoms with Crippen LogP contribution in [0.4, 0.5) is 105 Å². The molecule has 0 saturated carbocycles. The molecule has 0 radical (unpaired) electrons. The summed E-state index contributed by atoms with van der Waals surface area (Å²) < 4.78 is 343. The molecule has 0 aliphatic heterocycles. The Morgan fingerprint density at radius 2 is 0.600 bits per heavy atom. The third-order valence-electron chi connectivity index (χ3n) is 12.1. The molecule has 0 unspecified atom stereocenters. The number of halogens is 24. The van der Waals surface area contributed by atoms with Crippen LogP contribution in [0.25, 0.3) is 6.08 Å². The van der Waals surface area contributed by atoms with Crippen molar-refractivity contribution < 1.29 is 115 Å². The first-order valence-corrected chi connectivity index (χ1v) is 22.2. The van der Waals surface area contributed by atoms with Gasteiger partial charge in [-0.1, -0.05) is 115 Å². The average Bonchev–Trinajstić information content (AvgIpc) is 3.35. The largest absolute Gasteiger partial charge is 0.416 e. The summed E-state index contributed by atoms with van der Waals surface area (Å²) in [6.45, 7) is 0.801. The van der Waals surface area contributed by atoms with E-state index in [1.807, 2.05) is 79.1 Å². The van der Waals surface area contributed by atoms with Crippen LogP contribution in [-0.4, -0.2) is 11.9 Å². The lowest BCUT2D eigenvalue weighted by Gasteiger charge is -2.46. The molecular formula is C53H30BF24NO. The van der Waals surface area contributed by atoms with Gasteiger partial charge < -0.3 is 0 Å². The summed E-state index contributed by atoms with van der Waals surface area (Å²) in [7, 11) is 0. The Labute approximate surface area is 435 Å². The lowest BCUT2D eigenvalue weighted by Crippen LogP contribution is -2.75. The van der Waals surface area contributed by atoms with Gasteiger partial charge >= 0.3 is 49.4 Å². The number of carbonyl (C=O) groups excluding carboxylic acids is 1. The molecule has 1 heterocycles. The van der Waals surface area contributed by atoms with Gasteiger partial charge in [0.2, 0.25) is 0 Å². The number of pyridine rings is 1. The molecule has 1 aromatic heterocycles. The van der Waals surface area contributed by atoms with Crippen LogP contribution < -0.4 is 26.4 Å². The van der Waals surface area contributed by atoms with Crippen LogP contribution >= 0.6 is 0 Å². The van der Waals surface area contributed by atoms with Crippen LogP contribution in [0, 0.1) is 0 Å². The lowest BCUT2D eigenvalue weighted by molar-refractivity contribution is -0.688. The highest BCUT2D eigenvalue weighted by molar-refractivity contribution is 7.20. The molecule has 0 aliphatic rings. The van der Waals surface area contributed by atoms with Gasteiger partial charge in [0.1, 0.15) is 6.15 Å². The van der Waals surface area contributed by atoms with Gasteiger partial charge in [0.15, 0.2) is 24.7 Å². The number of alkyl halides is 24. The second kappa shape index (κ2) is 22.1. The highest BCUT2D eigenvalue weighted by Crippen LogP contribution is 2.41. The number of hydrogen-bond donors (Lipinski definition) is 0. The van der Waals surface area contributed by atoms with Crippen molar-refractivity contribution in [2.75, 3.05) is 0 Å². The Bertz CT molecular complexity index is 2910. The zero-order valence-electron chi connectivity index (χ0n) is 39.4. The monoisotopic (exact) mass is 1160 g/mol. The third-order valence-corrected chi connectivity index (χ3v) is 12.1. The fourth-order valence-electron chi connectivity index (χ4n) is 8.42. The minimum absolute atomic E-state index is 0.0146. The maximum absolute atomic E-state index is 14.2. The first-order chi connectivity index (χ1) is 36.6. The second-order valence-corrected chi connectivity index (χ2v) is 17.6. The van der Waals surface area contributed by atoms with Gasteiger partial charge in [-0.25, -0.2) is 4.57 Å². The van der Waals surface area contributed by atoms with Crippen LogP contribution in [0.3, 0.4) is 0 Å². The SMILES string of the molecule is FC(F)(F)c1cc([B-](c2cc(C(F)(F)F)cc(C(F)(F)F)c2)(c2cc(C(F)(F)F)cc(C(F)(F)F)c2)c2cc(C(F)(F)F)cc(C(F)(F)F)c2)cc(C(F)(F)F)c1.O=C(C=Cc1ccccc1)c1cc[n+](Cc2ccccc2)cc1. The molecule has 0 amide bonds. The summed E-state index contributed by atoms with van der Waals surface area (Å²) in [5.74, 6) is 0.0146. The minimum Gasteiger partial charge on any atom is -0.289 e. The van der Waals surface area contributed by atoms with Crippen molar-refractivity contribution in [3.05, 3.63) is 225 Å². The van der Waals surface area contributed by atoms with Crippen LogP contribution in [0.2, 0.25) is 0 Å². The highest BCUT2D eigenvalue weighted by Gasteiger charge is 2.47. The number of hydrogen-bond acceptors (Lipinski definition) is 1. The fraction of sp³-hybridized carbons (Fsp3) is 0.170. The van der Waals surface area contributed by atoms with Crippen molar-refractivity contribution >= 4 is 39.9 Å². The van der Waals surface area contributed by atoms with E-state index < -0.39 is 195 Å². The third kappa shape index (κ3) is 14.7. The zero-order valence-corrected chi connectivity index (χ0v) is 39.4. The standard InChI is InChI=1S/C32H12BF24.C21H18NO/c34-25(35,36)13-1-14(26(37,38)39)6-21(5-13)33(22-7-15(27(40,41)42)2-16(8-22)28(43,44)45,23-9-17(29(46,47)48)3-18(10-23)30(49,50)51)24-11-19(31(52,53)54)4-20(12-24)32(55,56)57;23-21(12-11-18-7-3-1-4-8-18)20-13-15-22(16-14-20)17-19-9-5-2-6-10-19/h1-12H;1-16H,17H2/q-1;+1. The molecule has 0 N–H and O–H groups in total. The number of allylic oxidation sites excluding steroid dienone is 1. The van der Waals surface area contributed by atoms with Crippen LogP contribution in [0.15, 0.2) is 164 Å². The molecule has 424 valence electrons. The van der Waals surface area contributed by atoms with E-state index in [-0.39, 0.29) is 5.78 Å². The van der Waals surface area contributed by atoms with Crippen LogP contribution in [-0.2, 0) is 56.0 Å². The van der Waals surface area contributed by atoms with E-state index in [1.54, 1.807) is 6.08 Å². The number of carbonyl (C=O) groups is 1. The molecule has 0 aliphatic carbocycles. The molecule has 7 aromatic rings. The average molecular weight is 1160 g/mol. The van der Waals surface area contributed by atoms with E-state index in [4.69, 9.17) is 0 Å². The molecule has 7 rings (SSSR count). The van der Waals surface area contributed by atoms with Gasteiger partial charge in [0.25, 0.3) is 0 Å². The highest BCUT2D eigenvalue weighted by atomic mass is 19.4. The van der Waals surface area contributed by atoms with Gasteiger partial charge in [0.05, 0.1) is 44.5 Å². The van der Waals surface area contributed by atoms with E-state index in [0.29, 0.717) is 5.56 Å². The van der Waals surface area contributed by atoms with Gasteiger partial charge in [0, 0.05) is 23.3 Å². The molecule has 27 heteroatoms. The molecule has 0 bridgehead atoms. The van der Waals surface area contributed by atoms with Crippen molar-refractivity contribution in [1.29, 1.82) is 0 Å². The molecule has 0 atom stereocenters. The first kappa shape index (κ1) is 61.5. The zero-order chi connectivity index (χ0) is 59.8. The van der Waals surface area contributed by atoms with Crippen LogP contribution in [0.5, 0.6) is 0 Å². The summed E-state index contributed by atoms with van der Waals surface area (Å²) in [6, 6.07) is 15.0. The second-order valence-electron chi connectivity index (χ2n) is 17.6. The Hall–Kier alpha value is -7.74. The normalized spacial score (nSPS) is 13.3. The van der Waals surface area contributed by atoms with E-state index in [1.165, 1.54) is 5.56 Å². The Morgan fingerprint density at radius 3 is 0.850 bits per heavy atom. The smallest absolute Gasteiger partial charge is 0.289 e. The number of rotatable bonds is 9. The molecule has 0 fully saturated rings. The predicted octanol–water partition coefficient (Wildman–Crippen LogP) is 15.1. The number of ketones is 1. The summed E-state index contributed by atoms with van der Waals surface area (Å²) in [5, 5.41) is 0. The Balaban J connectivity index is 0.000000370. The van der Waals surface area contributed by atoms with Crippen molar-refractivity contribution in [3.63, 3.8) is 0 Å². The summed E-state index contributed by atoms with van der Waals surface area (Å²) in [5.41, 5.74) is -27.2. The van der Waals surface area contributed by atoms with Gasteiger partial charge in [-0.05, 0) is 35.9 Å². The van der Waals surface area contributed by atoms with E-state index in [2.05, 4.69) is 16.7 Å². The van der Waals surface area contributed by atoms with E-state index >= 15 is 0 Å². The van der Waals surface area contributed by atoms with Gasteiger partial charge in [-0.15, -0.1) is 0 Å². The van der Waals surface area contributed by atoms with Gasteiger partial charge in [-0.3, -0.25) is 4.79 Å². The Morgan fingerprint density at radius 1 is 0.350 bits per heavy atom. The van der Waals surface area contributed by atoms with Crippen molar-refractivity contribution in [1.82, 2.24) is 0 Å². The summed E-state index contributed by atoms with van der Waals surface area (Å²) in [6.07, 6.45) is -47.5. The quantitative estimate of drug-likeness (QED) is 0.0464. The molecule has 0 saturated heterocycles. The van der Waals surface area contributed by atoms with Crippen LogP contribution in [0.1, 0.15) is 66.0 Å².